The third-order valence-corrected chi connectivity index (χ3v) is 12.4. The highest BCUT2D eigenvalue weighted by atomic mass is 32.2. The highest BCUT2D eigenvalue weighted by Crippen LogP contribution is 2.34. The molecule has 15 nitrogen and oxygen atoms in total. The number of carbonyl (C=O) groups excluding carboxylic acids is 1. The predicted octanol–water partition coefficient (Wildman–Crippen LogP) is 5.86. The van der Waals surface area contributed by atoms with Crippen LogP contribution in [0.25, 0.3) is 33.2 Å². The van der Waals surface area contributed by atoms with Crippen molar-refractivity contribution in [3.63, 3.8) is 0 Å². The molecule has 0 aliphatic heterocycles. The highest BCUT2D eigenvalue weighted by Gasteiger charge is 2.27. The van der Waals surface area contributed by atoms with E-state index in [1.54, 1.807) is 91.9 Å². The summed E-state index contributed by atoms with van der Waals surface area (Å²) in [5.74, 6) is -0.783. The normalized spacial score (nSPS) is 12.9. The van der Waals surface area contributed by atoms with Crippen LogP contribution in [0.2, 0.25) is 0 Å². The number of hydrogen-bond acceptors (Lipinski definition) is 11. The van der Waals surface area contributed by atoms with Crippen LogP contribution in [-0.2, 0) is 30.8 Å². The number of sulfone groups is 2. The lowest BCUT2D eigenvalue weighted by molar-refractivity contribution is 0.0528. The third kappa shape index (κ3) is 9.71. The summed E-state index contributed by atoms with van der Waals surface area (Å²) < 4.78 is 91.2. The maximum absolute atomic E-state index is 15.8. The van der Waals surface area contributed by atoms with Crippen molar-refractivity contribution in [2.45, 2.75) is 25.4 Å². The number of nitrogens with zero attached hydrogens (tertiary/aromatic N) is 2. The smallest absolute Gasteiger partial charge is 0.340 e. The predicted molar refractivity (Wildman–Crippen MR) is 237 cm³/mol. The number of methoxy groups -OCH3 is 2. The molecular weight excluding hydrogens is 856 g/mol. The zero-order valence-corrected chi connectivity index (χ0v) is 36.6. The summed E-state index contributed by atoms with van der Waals surface area (Å²) in [6.07, 6.45) is 2.43. The standard InChI is InChI=1S/C45H45FN4O11S2/c1-6-60-43(51)33-8-7-9-37-42(33)48-45(53)50(37)39(26-63(5,56)57)30-14-19-40(59-3)41(24-30)61-21-20-27-10-17-32(34(46)22-27)29-13-18-36-35(23-29)47-44(52)49(36)38(25-62(4,54)55)28-11-15-31(58-2)16-12-28/h7-19,22-24,38-39H,6,20-21,25-26H2,1-5H3,(H,47,52)(H,48,53)/t38-,39-/m0/s1. The summed E-state index contributed by atoms with van der Waals surface area (Å²) in [4.78, 5) is 45.1. The number of halogens is 1. The number of esters is 1. The Balaban J connectivity index is 1.12. The maximum atomic E-state index is 15.8. The van der Waals surface area contributed by atoms with Crippen molar-refractivity contribution < 1.29 is 45.0 Å². The largest absolute Gasteiger partial charge is 0.497 e. The molecule has 0 aliphatic carbocycles. The molecular formula is C45H45FN4O11S2. The van der Waals surface area contributed by atoms with E-state index in [1.807, 2.05) is 0 Å². The second kappa shape index (κ2) is 18.0. The Morgan fingerprint density at radius 3 is 2.05 bits per heavy atom. The number of H-pyrrole nitrogens is 2. The van der Waals surface area contributed by atoms with Gasteiger partial charge in [0.25, 0.3) is 0 Å². The Hall–Kier alpha value is -6.66. The van der Waals surface area contributed by atoms with Crippen LogP contribution in [0.5, 0.6) is 17.2 Å². The first-order valence-corrected chi connectivity index (χ1v) is 23.8. The van der Waals surface area contributed by atoms with Gasteiger partial charge in [-0.2, -0.15) is 0 Å². The summed E-state index contributed by atoms with van der Waals surface area (Å²) in [5, 5.41) is 0. The van der Waals surface area contributed by atoms with Crippen LogP contribution in [0, 0.1) is 5.82 Å². The molecule has 0 bridgehead atoms. The van der Waals surface area contributed by atoms with Crippen LogP contribution < -0.4 is 25.6 Å². The minimum absolute atomic E-state index is 0.0643. The van der Waals surface area contributed by atoms with Crippen LogP contribution in [0.3, 0.4) is 0 Å². The molecule has 0 fully saturated rings. The minimum Gasteiger partial charge on any atom is -0.497 e. The first kappa shape index (κ1) is 44.4. The van der Waals surface area contributed by atoms with E-state index in [2.05, 4.69) is 9.97 Å². The molecule has 0 aliphatic rings. The molecule has 7 aromatic rings. The molecule has 0 saturated heterocycles. The summed E-state index contributed by atoms with van der Waals surface area (Å²) in [6, 6.07) is 24.2. The van der Waals surface area contributed by atoms with Crippen molar-refractivity contribution in [3.05, 3.63) is 146 Å². The lowest BCUT2D eigenvalue weighted by atomic mass is 10.0. The zero-order chi connectivity index (χ0) is 45.2. The number of aromatic nitrogens is 4. The summed E-state index contributed by atoms with van der Waals surface area (Å²) in [6.45, 7) is 1.84. The van der Waals surface area contributed by atoms with Crippen LogP contribution >= 0.6 is 0 Å². The summed E-state index contributed by atoms with van der Waals surface area (Å²) in [5.41, 5.74) is 2.69. The molecule has 2 aromatic heterocycles. The van der Waals surface area contributed by atoms with Crippen molar-refractivity contribution in [2.24, 2.45) is 0 Å². The van der Waals surface area contributed by atoms with Crippen LogP contribution in [0.1, 0.15) is 46.1 Å². The molecule has 0 saturated carbocycles. The van der Waals surface area contributed by atoms with Gasteiger partial charge in [0.05, 0.1) is 78.7 Å². The van der Waals surface area contributed by atoms with E-state index in [-0.39, 0.29) is 47.8 Å². The van der Waals surface area contributed by atoms with E-state index < -0.39 is 60.7 Å². The molecule has 0 spiro atoms. The summed E-state index contributed by atoms with van der Waals surface area (Å²) in [7, 11) is -4.24. The van der Waals surface area contributed by atoms with Gasteiger partial charge in [-0.15, -0.1) is 0 Å². The van der Waals surface area contributed by atoms with Gasteiger partial charge in [0.2, 0.25) is 0 Å². The van der Waals surface area contributed by atoms with Crippen LogP contribution in [-0.4, -0.2) is 93.4 Å². The average molecular weight is 901 g/mol. The van der Waals surface area contributed by atoms with E-state index in [0.717, 1.165) is 12.5 Å². The molecule has 2 atom stereocenters. The van der Waals surface area contributed by atoms with Gasteiger partial charge in [0.15, 0.2) is 11.5 Å². The van der Waals surface area contributed by atoms with Crippen molar-refractivity contribution in [1.82, 2.24) is 19.1 Å². The van der Waals surface area contributed by atoms with Crippen LogP contribution in [0.4, 0.5) is 4.39 Å². The lowest BCUT2D eigenvalue weighted by Gasteiger charge is -2.21. The summed E-state index contributed by atoms with van der Waals surface area (Å²) >= 11 is 0. The highest BCUT2D eigenvalue weighted by molar-refractivity contribution is 7.90. The fourth-order valence-electron chi connectivity index (χ4n) is 7.72. The van der Waals surface area contributed by atoms with Crippen molar-refractivity contribution in [2.75, 3.05) is 51.5 Å². The first-order valence-electron chi connectivity index (χ1n) is 19.7. The Labute approximate surface area is 361 Å². The number of aromatic amines is 2. The van der Waals surface area contributed by atoms with Crippen molar-refractivity contribution in [1.29, 1.82) is 0 Å². The Bertz CT molecular complexity index is 3190. The van der Waals surface area contributed by atoms with Gasteiger partial charge in [-0.25, -0.2) is 35.6 Å². The molecule has 18 heteroatoms. The van der Waals surface area contributed by atoms with Crippen LogP contribution in [0.15, 0.2) is 107 Å². The van der Waals surface area contributed by atoms with Crippen molar-refractivity contribution >= 4 is 47.7 Å². The molecule has 0 amide bonds. The van der Waals surface area contributed by atoms with E-state index in [9.17, 15) is 31.2 Å². The van der Waals surface area contributed by atoms with E-state index in [4.69, 9.17) is 18.9 Å². The molecule has 2 heterocycles. The Morgan fingerprint density at radius 1 is 0.730 bits per heavy atom. The molecule has 5 aromatic carbocycles. The second-order valence-electron chi connectivity index (χ2n) is 15.1. The zero-order valence-electron chi connectivity index (χ0n) is 35.0. The quantitative estimate of drug-likeness (QED) is 0.104. The number of ether oxygens (including phenoxy) is 4. The van der Waals surface area contributed by atoms with Gasteiger partial charge in [-0.1, -0.05) is 42.5 Å². The van der Waals surface area contributed by atoms with E-state index in [1.165, 1.54) is 35.5 Å². The average Bonchev–Trinajstić information content (AvgIpc) is 3.75. The Morgan fingerprint density at radius 2 is 1.40 bits per heavy atom. The molecule has 0 radical (unpaired) electrons. The minimum atomic E-state index is -3.67. The number of fused-ring (bicyclic) bond motifs is 2. The van der Waals surface area contributed by atoms with Gasteiger partial charge in [-0.05, 0) is 83.8 Å². The van der Waals surface area contributed by atoms with Gasteiger partial charge < -0.3 is 28.9 Å². The monoisotopic (exact) mass is 900 g/mol. The fraction of sp³-hybridized carbons (Fsp3) is 0.267. The molecule has 63 heavy (non-hydrogen) atoms. The topological polar surface area (TPSA) is 198 Å². The number of para-hydroxylation sites is 1. The SMILES string of the molecule is CCOC(=O)c1cccc2c1[nH]c(=O)n2[C@@H](CS(C)(=O)=O)c1ccc(OC)c(OCCc2ccc(-c3ccc4c(c3)[nH]c(=O)n4[C@@H](CS(C)(=O)=O)c3ccc(OC)cc3)c(F)c2)c1. The molecule has 330 valence electrons. The van der Waals surface area contributed by atoms with E-state index >= 15 is 4.39 Å². The maximum Gasteiger partial charge on any atom is 0.340 e. The molecule has 0 unspecified atom stereocenters. The van der Waals surface area contributed by atoms with Gasteiger partial charge in [0, 0.05) is 24.5 Å². The number of hydrogen-bond donors (Lipinski definition) is 2. The van der Waals surface area contributed by atoms with E-state index in [0.29, 0.717) is 50.3 Å². The number of carbonyl (C=O) groups is 1. The number of benzene rings is 5. The fourth-order valence-corrected chi connectivity index (χ4v) is 9.56. The van der Waals surface area contributed by atoms with Gasteiger partial charge in [-0.3, -0.25) is 9.13 Å². The third-order valence-electron chi connectivity index (χ3n) is 10.6. The second-order valence-corrected chi connectivity index (χ2v) is 19.4. The molecule has 7 rings (SSSR count). The molecule has 2 N–H and O–H groups in total. The van der Waals surface area contributed by atoms with Gasteiger partial charge in [0.1, 0.15) is 31.2 Å². The number of imidazole rings is 2. The first-order chi connectivity index (χ1) is 30.0. The Kier molecular flexibility index (Phi) is 12.7. The number of rotatable bonds is 17. The number of nitrogens with one attached hydrogen (secondary N) is 2. The lowest BCUT2D eigenvalue weighted by Crippen LogP contribution is -2.28. The van der Waals surface area contributed by atoms with Gasteiger partial charge >= 0.3 is 17.3 Å². The van der Waals surface area contributed by atoms with Crippen molar-refractivity contribution in [3.8, 4) is 28.4 Å².